The number of amides is 1. The van der Waals surface area contributed by atoms with Crippen molar-refractivity contribution in [3.8, 4) is 5.69 Å². The maximum atomic E-state index is 12.9. The van der Waals surface area contributed by atoms with E-state index in [9.17, 15) is 14.0 Å². The zero-order valence-electron chi connectivity index (χ0n) is 12.0. The van der Waals surface area contributed by atoms with E-state index >= 15 is 0 Å². The summed E-state index contributed by atoms with van der Waals surface area (Å²) < 4.78 is 12.9. The molecule has 7 nitrogen and oxygen atoms in total. The first-order valence-electron chi connectivity index (χ1n) is 6.60. The lowest BCUT2D eigenvalue weighted by atomic mass is 10.0. The first-order chi connectivity index (χ1) is 10.4. The van der Waals surface area contributed by atoms with Crippen LogP contribution < -0.4 is 5.32 Å². The van der Waals surface area contributed by atoms with E-state index in [1.807, 2.05) is 0 Å². The molecule has 1 heterocycles. The number of nitrogens with zero attached hydrogens (tertiary/aromatic N) is 3. The minimum atomic E-state index is -1.12. The molecule has 2 rings (SSSR count). The molecule has 0 spiro atoms. The van der Waals surface area contributed by atoms with Gasteiger partial charge in [-0.2, -0.15) is 9.90 Å². The van der Waals surface area contributed by atoms with Gasteiger partial charge in [0.15, 0.2) is 5.69 Å². The van der Waals surface area contributed by atoms with Gasteiger partial charge in [0.25, 0.3) is 5.91 Å². The van der Waals surface area contributed by atoms with Crippen molar-refractivity contribution in [1.29, 1.82) is 0 Å². The number of carboxylic acids is 1. The average molecular weight is 306 g/mol. The molecule has 8 heteroatoms. The smallest absolute Gasteiger partial charge is 0.326 e. The fourth-order valence-electron chi connectivity index (χ4n) is 1.79. The van der Waals surface area contributed by atoms with Crippen LogP contribution in [0.25, 0.3) is 5.69 Å². The topological polar surface area (TPSA) is 97.1 Å². The number of carboxylic acid groups (broad SMARTS) is 1. The normalized spacial score (nSPS) is 12.2. The summed E-state index contributed by atoms with van der Waals surface area (Å²) in [5, 5.41) is 19.3. The van der Waals surface area contributed by atoms with Gasteiger partial charge in [0, 0.05) is 0 Å². The Morgan fingerprint density at radius 1 is 1.27 bits per heavy atom. The number of nitrogens with one attached hydrogen (secondary N) is 1. The third kappa shape index (κ3) is 3.46. The number of carbonyl (C=O) groups excluding carboxylic acids is 1. The largest absolute Gasteiger partial charge is 0.480 e. The number of hydrogen-bond acceptors (Lipinski definition) is 4. The molecule has 0 saturated heterocycles. The van der Waals surface area contributed by atoms with Crippen LogP contribution in [-0.2, 0) is 4.79 Å². The molecule has 0 unspecified atom stereocenters. The van der Waals surface area contributed by atoms with Gasteiger partial charge in [0.1, 0.15) is 11.9 Å². The molecule has 1 atom stereocenters. The summed E-state index contributed by atoms with van der Waals surface area (Å²) in [6.45, 7) is 3.38. The molecule has 1 aromatic heterocycles. The highest BCUT2D eigenvalue weighted by Gasteiger charge is 2.25. The van der Waals surface area contributed by atoms with E-state index in [1.54, 1.807) is 13.8 Å². The number of carbonyl (C=O) groups is 2. The summed E-state index contributed by atoms with van der Waals surface area (Å²) in [5.41, 5.74) is 0.468. The van der Waals surface area contributed by atoms with E-state index in [0.29, 0.717) is 5.69 Å². The van der Waals surface area contributed by atoms with Gasteiger partial charge in [-0.1, -0.05) is 13.8 Å². The molecule has 116 valence electrons. The molecule has 1 amide bonds. The van der Waals surface area contributed by atoms with Gasteiger partial charge in [-0.15, -0.1) is 5.10 Å². The van der Waals surface area contributed by atoms with Crippen molar-refractivity contribution in [2.24, 2.45) is 5.92 Å². The van der Waals surface area contributed by atoms with E-state index in [1.165, 1.54) is 35.3 Å². The highest BCUT2D eigenvalue weighted by Crippen LogP contribution is 2.08. The molecule has 1 aromatic carbocycles. The number of aromatic nitrogens is 3. The lowest BCUT2D eigenvalue weighted by Gasteiger charge is -2.16. The molecule has 0 saturated carbocycles. The van der Waals surface area contributed by atoms with E-state index in [4.69, 9.17) is 5.11 Å². The first-order valence-corrected chi connectivity index (χ1v) is 6.60. The summed E-state index contributed by atoms with van der Waals surface area (Å²) in [7, 11) is 0. The fourth-order valence-corrected chi connectivity index (χ4v) is 1.79. The predicted octanol–water partition coefficient (Wildman–Crippen LogP) is 1.25. The SMILES string of the molecule is CC(C)[C@@H](NC(=O)c1cnn(-c2ccc(F)cc2)n1)C(=O)O. The third-order valence-corrected chi connectivity index (χ3v) is 3.00. The molecule has 0 aliphatic rings. The molecule has 0 aliphatic heterocycles. The van der Waals surface area contributed by atoms with Gasteiger partial charge in [-0.3, -0.25) is 4.79 Å². The highest BCUT2D eigenvalue weighted by atomic mass is 19.1. The van der Waals surface area contributed by atoms with E-state index < -0.39 is 23.7 Å². The Morgan fingerprint density at radius 3 is 2.45 bits per heavy atom. The van der Waals surface area contributed by atoms with Crippen LogP contribution in [0, 0.1) is 11.7 Å². The Balaban J connectivity index is 2.15. The van der Waals surface area contributed by atoms with Gasteiger partial charge in [-0.25, -0.2) is 9.18 Å². The van der Waals surface area contributed by atoms with Gasteiger partial charge < -0.3 is 10.4 Å². The van der Waals surface area contributed by atoms with E-state index in [0.717, 1.165) is 0 Å². The van der Waals surface area contributed by atoms with Crippen molar-refractivity contribution < 1.29 is 19.1 Å². The Labute approximate surface area is 125 Å². The van der Waals surface area contributed by atoms with Crippen LogP contribution >= 0.6 is 0 Å². The van der Waals surface area contributed by atoms with Crippen LogP contribution in [0.5, 0.6) is 0 Å². The van der Waals surface area contributed by atoms with Crippen LogP contribution in [0.2, 0.25) is 0 Å². The lowest BCUT2D eigenvalue weighted by Crippen LogP contribution is -2.44. The van der Waals surface area contributed by atoms with Gasteiger partial charge in [0.2, 0.25) is 0 Å². The zero-order chi connectivity index (χ0) is 16.3. The Kier molecular flexibility index (Phi) is 4.50. The summed E-state index contributed by atoms with van der Waals surface area (Å²) in [6, 6.07) is 4.41. The second kappa shape index (κ2) is 6.33. The van der Waals surface area contributed by atoms with Crippen LogP contribution in [0.1, 0.15) is 24.3 Å². The van der Waals surface area contributed by atoms with Crippen molar-refractivity contribution in [2.45, 2.75) is 19.9 Å². The lowest BCUT2D eigenvalue weighted by molar-refractivity contribution is -0.140. The van der Waals surface area contributed by atoms with Gasteiger partial charge in [-0.05, 0) is 30.2 Å². The van der Waals surface area contributed by atoms with Crippen LogP contribution in [0.15, 0.2) is 30.5 Å². The summed E-state index contributed by atoms with van der Waals surface area (Å²) >= 11 is 0. The number of halogens is 1. The summed E-state index contributed by atoms with van der Waals surface area (Å²) in [5.74, 6) is -2.41. The monoisotopic (exact) mass is 306 g/mol. The van der Waals surface area contributed by atoms with Crippen LogP contribution in [-0.4, -0.2) is 38.0 Å². The molecule has 2 aromatic rings. The summed E-state index contributed by atoms with van der Waals surface area (Å²) in [6.07, 6.45) is 1.22. The van der Waals surface area contributed by atoms with Crippen molar-refractivity contribution in [2.75, 3.05) is 0 Å². The minimum Gasteiger partial charge on any atom is -0.480 e. The van der Waals surface area contributed by atoms with E-state index in [-0.39, 0.29) is 11.6 Å². The number of hydrogen-bond donors (Lipinski definition) is 2. The number of rotatable bonds is 5. The Hall–Kier alpha value is -2.77. The second-order valence-corrected chi connectivity index (χ2v) is 5.03. The van der Waals surface area contributed by atoms with Crippen molar-refractivity contribution >= 4 is 11.9 Å². The second-order valence-electron chi connectivity index (χ2n) is 5.03. The summed E-state index contributed by atoms with van der Waals surface area (Å²) in [4.78, 5) is 24.3. The predicted molar refractivity (Wildman–Crippen MR) is 75.0 cm³/mol. The quantitative estimate of drug-likeness (QED) is 0.866. The Morgan fingerprint density at radius 2 is 1.91 bits per heavy atom. The van der Waals surface area contributed by atoms with Crippen molar-refractivity contribution in [3.63, 3.8) is 0 Å². The molecule has 0 aliphatic carbocycles. The Bertz CT molecular complexity index is 682. The number of aliphatic carboxylic acids is 1. The molecular weight excluding hydrogens is 291 g/mol. The highest BCUT2D eigenvalue weighted by molar-refractivity contribution is 5.94. The average Bonchev–Trinajstić information content (AvgIpc) is 2.94. The van der Waals surface area contributed by atoms with Crippen molar-refractivity contribution in [3.05, 3.63) is 42.0 Å². The molecule has 22 heavy (non-hydrogen) atoms. The molecule has 2 N–H and O–H groups in total. The molecule has 0 fully saturated rings. The standard InChI is InChI=1S/C14H15FN4O3/c1-8(2)12(14(21)22)17-13(20)11-7-16-19(18-11)10-5-3-9(15)4-6-10/h3-8,12H,1-2H3,(H,17,20)(H,21,22)/t12-/m1/s1. The number of benzene rings is 1. The molecular formula is C14H15FN4O3. The fraction of sp³-hybridized carbons (Fsp3) is 0.286. The first kappa shape index (κ1) is 15.6. The third-order valence-electron chi connectivity index (χ3n) is 3.00. The zero-order valence-corrected chi connectivity index (χ0v) is 12.0. The molecule has 0 bridgehead atoms. The van der Waals surface area contributed by atoms with Crippen LogP contribution in [0.4, 0.5) is 4.39 Å². The maximum absolute atomic E-state index is 12.9. The van der Waals surface area contributed by atoms with Crippen molar-refractivity contribution in [1.82, 2.24) is 20.3 Å². The van der Waals surface area contributed by atoms with Crippen LogP contribution in [0.3, 0.4) is 0 Å². The maximum Gasteiger partial charge on any atom is 0.326 e. The van der Waals surface area contributed by atoms with Gasteiger partial charge >= 0.3 is 5.97 Å². The van der Waals surface area contributed by atoms with Gasteiger partial charge in [0.05, 0.1) is 11.9 Å². The van der Waals surface area contributed by atoms with E-state index in [2.05, 4.69) is 15.5 Å². The minimum absolute atomic E-state index is 0.0174. The molecule has 0 radical (unpaired) electrons.